The molecule has 8 heteroatoms. The Labute approximate surface area is 163 Å². The van der Waals surface area contributed by atoms with Gasteiger partial charge in [0.15, 0.2) is 0 Å². The molecule has 2 atom stereocenters. The number of carbonyl (C=O) groups excluding carboxylic acids is 1. The molecule has 0 aromatic heterocycles. The van der Waals surface area contributed by atoms with E-state index in [9.17, 15) is 18.0 Å². The van der Waals surface area contributed by atoms with Crippen molar-refractivity contribution in [2.24, 2.45) is 0 Å². The second-order valence-electron chi connectivity index (χ2n) is 7.16. The Morgan fingerprint density at radius 2 is 1.71 bits per heavy atom. The average Bonchev–Trinajstić information content (AvgIpc) is 3.06. The Morgan fingerprint density at radius 1 is 1.14 bits per heavy atom. The van der Waals surface area contributed by atoms with Crippen molar-refractivity contribution in [2.45, 2.75) is 50.7 Å². The van der Waals surface area contributed by atoms with Crippen molar-refractivity contribution in [1.29, 1.82) is 0 Å². The number of likely N-dealkylation sites (N-methyl/N-ethyl adjacent to an activating group) is 1. The first-order chi connectivity index (χ1) is 13.2. The van der Waals surface area contributed by atoms with Crippen LogP contribution in [0.2, 0.25) is 0 Å². The standard InChI is InChI=1S/C18H26N2O.C2HF3O2/c1-3-17(21)20-13-11-18(15-8-6-5-7-9-15)10-12-19(4-2)16(18)14-20;3-2(4,5)1(6)7/h5-9,16H,3-4,10-14H2,1-2H3;(H,6,7). The van der Waals surface area contributed by atoms with Gasteiger partial charge in [0.2, 0.25) is 5.91 Å². The number of carboxylic acid groups (broad SMARTS) is 1. The van der Waals surface area contributed by atoms with Crippen LogP contribution in [0.5, 0.6) is 0 Å². The van der Waals surface area contributed by atoms with E-state index in [4.69, 9.17) is 9.90 Å². The van der Waals surface area contributed by atoms with Gasteiger partial charge in [-0.3, -0.25) is 9.69 Å². The fourth-order valence-corrected chi connectivity index (χ4v) is 4.31. The molecule has 1 aromatic carbocycles. The van der Waals surface area contributed by atoms with Gasteiger partial charge in [0.05, 0.1) is 0 Å². The summed E-state index contributed by atoms with van der Waals surface area (Å²) in [6.45, 7) is 8.25. The van der Waals surface area contributed by atoms with Gasteiger partial charge in [0, 0.05) is 31.0 Å². The van der Waals surface area contributed by atoms with E-state index in [0.29, 0.717) is 18.4 Å². The number of amides is 1. The Morgan fingerprint density at radius 3 is 2.21 bits per heavy atom. The summed E-state index contributed by atoms with van der Waals surface area (Å²) in [5.41, 5.74) is 1.72. The van der Waals surface area contributed by atoms with Gasteiger partial charge in [0.25, 0.3) is 0 Å². The van der Waals surface area contributed by atoms with E-state index >= 15 is 0 Å². The number of fused-ring (bicyclic) bond motifs is 1. The first-order valence-electron chi connectivity index (χ1n) is 9.53. The van der Waals surface area contributed by atoms with Crippen LogP contribution in [-0.2, 0) is 15.0 Å². The zero-order valence-electron chi connectivity index (χ0n) is 16.2. The molecule has 0 bridgehead atoms. The molecule has 156 valence electrons. The molecule has 1 N–H and O–H groups in total. The first-order valence-corrected chi connectivity index (χ1v) is 9.53. The van der Waals surface area contributed by atoms with Crippen molar-refractivity contribution in [1.82, 2.24) is 9.80 Å². The summed E-state index contributed by atoms with van der Waals surface area (Å²) < 4.78 is 31.7. The van der Waals surface area contributed by atoms with Crippen molar-refractivity contribution in [3.63, 3.8) is 0 Å². The van der Waals surface area contributed by atoms with Crippen LogP contribution >= 0.6 is 0 Å². The minimum Gasteiger partial charge on any atom is -0.475 e. The smallest absolute Gasteiger partial charge is 0.475 e. The lowest BCUT2D eigenvalue weighted by Crippen LogP contribution is -2.56. The number of carbonyl (C=O) groups is 2. The third kappa shape index (κ3) is 4.66. The lowest BCUT2D eigenvalue weighted by molar-refractivity contribution is -0.192. The van der Waals surface area contributed by atoms with Crippen molar-refractivity contribution >= 4 is 11.9 Å². The maximum absolute atomic E-state index is 12.1. The Kier molecular flexibility index (Phi) is 7.09. The van der Waals surface area contributed by atoms with Crippen LogP contribution in [0.25, 0.3) is 0 Å². The van der Waals surface area contributed by atoms with Crippen molar-refractivity contribution in [3.8, 4) is 0 Å². The van der Waals surface area contributed by atoms with Crippen LogP contribution in [-0.4, -0.2) is 65.2 Å². The molecule has 28 heavy (non-hydrogen) atoms. The number of hydrogen-bond donors (Lipinski definition) is 1. The molecule has 1 amide bonds. The normalized spacial score (nSPS) is 24.9. The van der Waals surface area contributed by atoms with Crippen LogP contribution in [0.1, 0.15) is 38.7 Å². The molecule has 1 aromatic rings. The number of hydrogen-bond acceptors (Lipinski definition) is 3. The van der Waals surface area contributed by atoms with Gasteiger partial charge >= 0.3 is 12.1 Å². The quantitative estimate of drug-likeness (QED) is 0.846. The van der Waals surface area contributed by atoms with E-state index in [-0.39, 0.29) is 5.41 Å². The zero-order valence-corrected chi connectivity index (χ0v) is 16.2. The van der Waals surface area contributed by atoms with Gasteiger partial charge in [-0.15, -0.1) is 0 Å². The third-order valence-corrected chi connectivity index (χ3v) is 5.80. The maximum atomic E-state index is 12.1. The largest absolute Gasteiger partial charge is 0.490 e. The second-order valence-corrected chi connectivity index (χ2v) is 7.16. The van der Waals surface area contributed by atoms with E-state index in [1.54, 1.807) is 0 Å². The molecule has 2 aliphatic rings. The van der Waals surface area contributed by atoms with Gasteiger partial charge in [-0.25, -0.2) is 4.79 Å². The van der Waals surface area contributed by atoms with Crippen LogP contribution in [0.3, 0.4) is 0 Å². The molecule has 2 aliphatic heterocycles. The van der Waals surface area contributed by atoms with E-state index in [1.807, 2.05) is 6.92 Å². The summed E-state index contributed by atoms with van der Waals surface area (Å²) >= 11 is 0. The van der Waals surface area contributed by atoms with Crippen molar-refractivity contribution in [3.05, 3.63) is 35.9 Å². The molecule has 2 saturated heterocycles. The number of aliphatic carboxylic acids is 1. The number of rotatable bonds is 3. The minimum absolute atomic E-state index is 0.252. The summed E-state index contributed by atoms with van der Waals surface area (Å²) in [7, 11) is 0. The summed E-state index contributed by atoms with van der Waals surface area (Å²) in [4.78, 5) is 25.6. The molecule has 0 saturated carbocycles. The minimum atomic E-state index is -5.08. The molecule has 0 spiro atoms. The van der Waals surface area contributed by atoms with Crippen LogP contribution in [0.4, 0.5) is 13.2 Å². The molecule has 2 heterocycles. The third-order valence-electron chi connectivity index (χ3n) is 5.80. The first kappa shape index (κ1) is 22.2. The zero-order chi connectivity index (χ0) is 20.9. The molecule has 0 radical (unpaired) electrons. The predicted molar refractivity (Wildman–Crippen MR) is 99.0 cm³/mol. The molecule has 5 nitrogen and oxygen atoms in total. The van der Waals surface area contributed by atoms with Crippen LogP contribution < -0.4 is 0 Å². The van der Waals surface area contributed by atoms with Crippen LogP contribution in [0.15, 0.2) is 30.3 Å². The van der Waals surface area contributed by atoms with E-state index in [2.05, 4.69) is 47.1 Å². The second kappa shape index (κ2) is 8.94. The summed E-state index contributed by atoms with van der Waals surface area (Å²) in [5, 5.41) is 7.12. The predicted octanol–water partition coefficient (Wildman–Crippen LogP) is 3.29. The molecule has 3 rings (SSSR count). The Balaban J connectivity index is 0.000000345. The monoisotopic (exact) mass is 400 g/mol. The molecule has 0 aliphatic carbocycles. The van der Waals surface area contributed by atoms with E-state index in [1.165, 1.54) is 12.0 Å². The average molecular weight is 400 g/mol. The Bertz CT molecular complexity index is 681. The number of nitrogens with zero attached hydrogens (tertiary/aromatic N) is 2. The summed E-state index contributed by atoms with van der Waals surface area (Å²) in [6.07, 6.45) is -2.13. The van der Waals surface area contributed by atoms with Gasteiger partial charge in [-0.05, 0) is 31.5 Å². The number of halogens is 3. The van der Waals surface area contributed by atoms with Gasteiger partial charge in [-0.1, -0.05) is 44.2 Å². The summed E-state index contributed by atoms with van der Waals surface area (Å²) in [5.74, 6) is -2.45. The highest BCUT2D eigenvalue weighted by Crippen LogP contribution is 2.45. The number of likely N-dealkylation sites (tertiary alicyclic amines) is 2. The molecule has 2 unspecified atom stereocenters. The van der Waals surface area contributed by atoms with Crippen molar-refractivity contribution < 1.29 is 27.9 Å². The lowest BCUT2D eigenvalue weighted by atomic mass is 9.69. The number of alkyl halides is 3. The topological polar surface area (TPSA) is 60.9 Å². The molecule has 2 fully saturated rings. The fourth-order valence-electron chi connectivity index (χ4n) is 4.31. The number of carboxylic acids is 1. The highest BCUT2D eigenvalue weighted by atomic mass is 19.4. The maximum Gasteiger partial charge on any atom is 0.490 e. The Hall–Kier alpha value is -2.09. The van der Waals surface area contributed by atoms with Crippen LogP contribution in [0, 0.1) is 0 Å². The highest BCUT2D eigenvalue weighted by Gasteiger charge is 2.51. The molecular weight excluding hydrogens is 373 g/mol. The van der Waals surface area contributed by atoms with Crippen molar-refractivity contribution in [2.75, 3.05) is 26.2 Å². The van der Waals surface area contributed by atoms with E-state index in [0.717, 1.165) is 32.6 Å². The van der Waals surface area contributed by atoms with E-state index < -0.39 is 12.1 Å². The van der Waals surface area contributed by atoms with Gasteiger partial charge in [0.1, 0.15) is 0 Å². The number of piperidine rings is 1. The highest BCUT2D eigenvalue weighted by molar-refractivity contribution is 5.76. The number of benzene rings is 1. The van der Waals surface area contributed by atoms with Gasteiger partial charge < -0.3 is 10.0 Å². The summed E-state index contributed by atoms with van der Waals surface area (Å²) in [6, 6.07) is 11.4. The SMILES string of the molecule is CCC(=O)N1CCC2(c3ccccc3)CCN(CC)C2C1.O=C(O)C(F)(F)F. The fraction of sp³-hybridized carbons (Fsp3) is 0.600. The lowest BCUT2D eigenvalue weighted by Gasteiger charge is -2.46. The molecular formula is C20H27F3N2O3. The van der Waals surface area contributed by atoms with Gasteiger partial charge in [-0.2, -0.15) is 13.2 Å².